The van der Waals surface area contributed by atoms with Crippen LogP contribution in [0.1, 0.15) is 22.5 Å². The predicted octanol–water partition coefficient (Wildman–Crippen LogP) is 3.55. The van der Waals surface area contributed by atoms with Gasteiger partial charge in [-0.05, 0) is 48.9 Å². The van der Waals surface area contributed by atoms with Crippen LogP contribution < -0.4 is 10.6 Å². The van der Waals surface area contributed by atoms with Crippen LogP contribution in [0.15, 0.2) is 48.5 Å². The summed E-state index contributed by atoms with van der Waals surface area (Å²) in [5.74, 6) is -0.280. The summed E-state index contributed by atoms with van der Waals surface area (Å²) >= 11 is 5.85. The Balaban J connectivity index is 1.53. The number of fused-ring (bicyclic) bond motifs is 3. The van der Waals surface area contributed by atoms with Gasteiger partial charge in [-0.25, -0.2) is 0 Å². The van der Waals surface area contributed by atoms with Crippen LogP contribution >= 0.6 is 11.6 Å². The number of carbonyl (C=O) groups is 2. The molecular formula is C20H18ClN3O2. The molecule has 6 heteroatoms. The molecule has 1 aliphatic heterocycles. The maximum absolute atomic E-state index is 12.9. The molecule has 1 aliphatic rings. The van der Waals surface area contributed by atoms with E-state index in [1.165, 1.54) is 0 Å². The third kappa shape index (κ3) is 3.23. The minimum Gasteiger partial charge on any atom is -0.352 e. The topological polar surface area (TPSA) is 74.0 Å². The highest BCUT2D eigenvalue weighted by Gasteiger charge is 2.29. The van der Waals surface area contributed by atoms with E-state index in [0.717, 1.165) is 22.9 Å². The minimum absolute atomic E-state index is 0.0695. The van der Waals surface area contributed by atoms with Gasteiger partial charge in [0.1, 0.15) is 0 Å². The average Bonchev–Trinajstić information content (AvgIpc) is 2.94. The van der Waals surface area contributed by atoms with Crippen LogP contribution in [0.5, 0.6) is 0 Å². The Labute approximate surface area is 155 Å². The number of para-hydroxylation sites is 1. The fourth-order valence-electron chi connectivity index (χ4n) is 3.40. The second kappa shape index (κ2) is 6.94. The van der Waals surface area contributed by atoms with Crippen molar-refractivity contribution < 1.29 is 9.59 Å². The molecule has 132 valence electrons. The van der Waals surface area contributed by atoms with E-state index in [4.69, 9.17) is 11.6 Å². The summed E-state index contributed by atoms with van der Waals surface area (Å²) in [6.07, 6.45) is 0.830. The Morgan fingerprint density at radius 2 is 1.92 bits per heavy atom. The smallest absolute Gasteiger partial charge is 0.226 e. The molecule has 1 unspecified atom stereocenters. The Morgan fingerprint density at radius 3 is 2.73 bits per heavy atom. The first-order valence-electron chi connectivity index (χ1n) is 8.54. The Kier molecular flexibility index (Phi) is 4.49. The molecule has 2 aromatic carbocycles. The number of ketones is 1. The number of halogens is 1. The first-order valence-corrected chi connectivity index (χ1v) is 8.92. The van der Waals surface area contributed by atoms with Gasteiger partial charge in [-0.15, -0.1) is 0 Å². The number of benzene rings is 2. The molecule has 4 rings (SSSR count). The molecule has 0 saturated heterocycles. The molecule has 3 N–H and O–H groups in total. The molecule has 0 aliphatic carbocycles. The molecule has 1 aromatic heterocycles. The summed E-state index contributed by atoms with van der Waals surface area (Å²) in [4.78, 5) is 28.5. The minimum atomic E-state index is -0.545. The number of amides is 1. The molecule has 0 saturated carbocycles. The van der Waals surface area contributed by atoms with Crippen LogP contribution in [0.3, 0.4) is 0 Å². The number of carbonyl (C=O) groups excluding carboxylic acids is 2. The third-order valence-corrected chi connectivity index (χ3v) is 4.91. The second-order valence-electron chi connectivity index (χ2n) is 6.40. The lowest BCUT2D eigenvalue weighted by Gasteiger charge is -2.14. The van der Waals surface area contributed by atoms with Gasteiger partial charge in [-0.1, -0.05) is 29.8 Å². The zero-order valence-corrected chi connectivity index (χ0v) is 14.8. The van der Waals surface area contributed by atoms with Crippen LogP contribution in [0.4, 0.5) is 5.69 Å². The molecule has 1 amide bonds. The normalized spacial score (nSPS) is 17.0. The van der Waals surface area contributed by atoms with Gasteiger partial charge in [-0.2, -0.15) is 0 Å². The number of aromatic amines is 1. The molecule has 0 radical (unpaired) electrons. The van der Waals surface area contributed by atoms with Crippen LogP contribution in [-0.4, -0.2) is 29.3 Å². The van der Waals surface area contributed by atoms with Crippen molar-refractivity contribution in [3.63, 3.8) is 0 Å². The van der Waals surface area contributed by atoms with Crippen molar-refractivity contribution in [1.82, 2.24) is 10.3 Å². The average molecular weight is 368 g/mol. The number of hydrogen-bond acceptors (Lipinski definition) is 3. The standard InChI is InChI=1S/C20H18ClN3O2/c21-12-5-7-13(8-6-12)23-18(25)11-17-20(26)19-15(9-10-22-17)14-3-1-2-4-16(14)24-19/h1-8,17,22,24H,9-11H2,(H,23,25). The zero-order valence-electron chi connectivity index (χ0n) is 14.0. The van der Waals surface area contributed by atoms with Gasteiger partial charge in [0, 0.05) is 28.0 Å². The summed E-state index contributed by atoms with van der Waals surface area (Å²) in [7, 11) is 0. The molecule has 3 aromatic rings. The maximum Gasteiger partial charge on any atom is 0.226 e. The van der Waals surface area contributed by atoms with Crippen molar-refractivity contribution in [1.29, 1.82) is 0 Å². The number of aromatic nitrogens is 1. The molecule has 26 heavy (non-hydrogen) atoms. The Hall–Kier alpha value is -2.63. The van der Waals surface area contributed by atoms with E-state index in [1.54, 1.807) is 24.3 Å². The zero-order chi connectivity index (χ0) is 18.1. The molecule has 0 fully saturated rings. The second-order valence-corrected chi connectivity index (χ2v) is 6.84. The van der Waals surface area contributed by atoms with Crippen LogP contribution in [0.2, 0.25) is 5.02 Å². The van der Waals surface area contributed by atoms with Gasteiger partial charge in [-0.3, -0.25) is 9.59 Å². The van der Waals surface area contributed by atoms with E-state index in [-0.39, 0.29) is 18.1 Å². The molecule has 5 nitrogen and oxygen atoms in total. The highest BCUT2D eigenvalue weighted by molar-refractivity contribution is 6.30. The lowest BCUT2D eigenvalue weighted by molar-refractivity contribution is -0.116. The lowest BCUT2D eigenvalue weighted by atomic mass is 10.0. The van der Waals surface area contributed by atoms with Gasteiger partial charge in [0.05, 0.1) is 11.7 Å². The lowest BCUT2D eigenvalue weighted by Crippen LogP contribution is -2.39. The van der Waals surface area contributed by atoms with E-state index in [9.17, 15) is 9.59 Å². The van der Waals surface area contributed by atoms with E-state index in [2.05, 4.69) is 15.6 Å². The van der Waals surface area contributed by atoms with Crippen molar-refractivity contribution in [2.75, 3.05) is 11.9 Å². The number of nitrogens with one attached hydrogen (secondary N) is 3. The quantitative estimate of drug-likeness (QED) is 0.662. The summed E-state index contributed by atoms with van der Waals surface area (Å²) in [6, 6.07) is 14.2. The fourth-order valence-corrected chi connectivity index (χ4v) is 3.53. The number of Topliss-reactive ketones (excluding diaryl/α,β-unsaturated/α-hetero) is 1. The van der Waals surface area contributed by atoms with E-state index in [1.807, 2.05) is 24.3 Å². The molecule has 0 spiro atoms. The summed E-state index contributed by atoms with van der Waals surface area (Å²) < 4.78 is 0. The molecular weight excluding hydrogens is 350 g/mol. The first-order chi connectivity index (χ1) is 12.6. The van der Waals surface area contributed by atoms with Gasteiger partial charge in [0.2, 0.25) is 5.91 Å². The van der Waals surface area contributed by atoms with E-state index < -0.39 is 6.04 Å². The highest BCUT2D eigenvalue weighted by Crippen LogP contribution is 2.26. The van der Waals surface area contributed by atoms with Crippen molar-refractivity contribution in [3.8, 4) is 0 Å². The third-order valence-electron chi connectivity index (χ3n) is 4.66. The molecule has 0 bridgehead atoms. The van der Waals surface area contributed by atoms with Crippen LogP contribution in [0.25, 0.3) is 10.9 Å². The number of hydrogen-bond donors (Lipinski definition) is 3. The first kappa shape index (κ1) is 16.8. The van der Waals surface area contributed by atoms with E-state index in [0.29, 0.717) is 22.9 Å². The van der Waals surface area contributed by atoms with Crippen LogP contribution in [0, 0.1) is 0 Å². The highest BCUT2D eigenvalue weighted by atomic mass is 35.5. The van der Waals surface area contributed by atoms with Gasteiger partial charge in [0.15, 0.2) is 5.78 Å². The van der Waals surface area contributed by atoms with Crippen molar-refractivity contribution >= 4 is 39.9 Å². The van der Waals surface area contributed by atoms with Crippen LogP contribution in [-0.2, 0) is 11.2 Å². The van der Waals surface area contributed by atoms with Gasteiger partial charge >= 0.3 is 0 Å². The van der Waals surface area contributed by atoms with Gasteiger partial charge in [0.25, 0.3) is 0 Å². The van der Waals surface area contributed by atoms with E-state index >= 15 is 0 Å². The van der Waals surface area contributed by atoms with Crippen molar-refractivity contribution in [2.24, 2.45) is 0 Å². The predicted molar refractivity (Wildman–Crippen MR) is 103 cm³/mol. The largest absolute Gasteiger partial charge is 0.352 e. The number of anilines is 1. The fraction of sp³-hybridized carbons (Fsp3) is 0.200. The monoisotopic (exact) mass is 367 g/mol. The summed E-state index contributed by atoms with van der Waals surface area (Å²) in [6.45, 7) is 0.652. The SMILES string of the molecule is O=C(CC1NCCc2c([nH]c3ccccc23)C1=O)Nc1ccc(Cl)cc1. The van der Waals surface area contributed by atoms with Gasteiger partial charge < -0.3 is 15.6 Å². The summed E-state index contributed by atoms with van der Waals surface area (Å²) in [5.41, 5.74) is 3.25. The summed E-state index contributed by atoms with van der Waals surface area (Å²) in [5, 5.41) is 7.69. The maximum atomic E-state index is 12.9. The number of H-pyrrole nitrogens is 1. The Bertz CT molecular complexity index is 978. The Morgan fingerprint density at radius 1 is 1.15 bits per heavy atom. The van der Waals surface area contributed by atoms with Crippen molar-refractivity contribution in [2.45, 2.75) is 18.9 Å². The van der Waals surface area contributed by atoms with Crippen molar-refractivity contribution in [3.05, 3.63) is 64.8 Å². The molecule has 2 heterocycles. The number of rotatable bonds is 3. The molecule has 1 atom stereocenters.